The molecule has 1 saturated heterocycles. The number of aliphatic hydroxyl groups is 1. The third-order valence-corrected chi connectivity index (χ3v) is 3.73. The molecule has 1 aromatic carbocycles. The van der Waals surface area contributed by atoms with Gasteiger partial charge in [-0.1, -0.05) is 18.5 Å². The quantitative estimate of drug-likeness (QED) is 0.763. The van der Waals surface area contributed by atoms with E-state index >= 15 is 0 Å². The smallest absolute Gasteiger partial charge is 0.253 e. The lowest BCUT2D eigenvalue weighted by Crippen LogP contribution is -2.44. The molecule has 0 saturated carbocycles. The van der Waals surface area contributed by atoms with Gasteiger partial charge < -0.3 is 15.7 Å². The minimum absolute atomic E-state index is 0.0582. The number of halogens is 1. The number of anilines is 1. The molecular weight excluding hydrogens is 252 g/mol. The Hall–Kier alpha value is -1.26. The number of amides is 1. The molecule has 1 aliphatic rings. The van der Waals surface area contributed by atoms with E-state index < -0.39 is 0 Å². The van der Waals surface area contributed by atoms with Crippen LogP contribution in [0.25, 0.3) is 0 Å². The van der Waals surface area contributed by atoms with Crippen molar-refractivity contribution in [3.05, 3.63) is 28.8 Å². The maximum absolute atomic E-state index is 12.3. The van der Waals surface area contributed by atoms with Gasteiger partial charge in [0, 0.05) is 18.7 Å². The summed E-state index contributed by atoms with van der Waals surface area (Å²) in [5.41, 5.74) is 6.65. The van der Waals surface area contributed by atoms with Crippen LogP contribution in [0.2, 0.25) is 5.02 Å². The number of nitrogens with zero attached hydrogens (tertiary/aromatic N) is 1. The van der Waals surface area contributed by atoms with E-state index in [-0.39, 0.29) is 17.9 Å². The molecule has 3 N–H and O–H groups in total. The second-order valence-electron chi connectivity index (χ2n) is 4.82. The van der Waals surface area contributed by atoms with Gasteiger partial charge in [0.05, 0.1) is 16.8 Å². The molecule has 0 radical (unpaired) electrons. The summed E-state index contributed by atoms with van der Waals surface area (Å²) >= 11 is 5.83. The van der Waals surface area contributed by atoms with Gasteiger partial charge in [-0.15, -0.1) is 0 Å². The van der Waals surface area contributed by atoms with Crippen molar-refractivity contribution in [1.29, 1.82) is 0 Å². The number of carbonyl (C=O) groups excluding carboxylic acids is 1. The van der Waals surface area contributed by atoms with Crippen LogP contribution in [0, 0.1) is 5.92 Å². The van der Waals surface area contributed by atoms with E-state index in [1.165, 1.54) is 0 Å². The Morgan fingerprint density at radius 2 is 2.28 bits per heavy atom. The highest BCUT2D eigenvalue weighted by Gasteiger charge is 2.27. The first-order valence-corrected chi connectivity index (χ1v) is 6.39. The van der Waals surface area contributed by atoms with E-state index in [1.807, 2.05) is 6.92 Å². The molecule has 18 heavy (non-hydrogen) atoms. The number of nitrogen functional groups attached to an aromatic ring is 1. The highest BCUT2D eigenvalue weighted by atomic mass is 35.5. The standard InChI is InChI=1S/C13H17ClN2O2/c1-8-7-16(5-4-12(8)17)13(18)9-2-3-10(14)11(15)6-9/h2-3,6,8,12,17H,4-5,7,15H2,1H3. The third kappa shape index (κ3) is 2.60. The molecular formula is C13H17ClN2O2. The number of benzene rings is 1. The van der Waals surface area contributed by atoms with Crippen molar-refractivity contribution < 1.29 is 9.90 Å². The van der Waals surface area contributed by atoms with Crippen LogP contribution in [-0.2, 0) is 0 Å². The minimum Gasteiger partial charge on any atom is -0.398 e. The van der Waals surface area contributed by atoms with Gasteiger partial charge in [-0.05, 0) is 30.5 Å². The average molecular weight is 269 g/mol. The molecule has 1 fully saturated rings. The highest BCUT2D eigenvalue weighted by molar-refractivity contribution is 6.33. The van der Waals surface area contributed by atoms with Crippen molar-refractivity contribution in [2.24, 2.45) is 5.92 Å². The lowest BCUT2D eigenvalue weighted by molar-refractivity contribution is 0.0297. The molecule has 4 nitrogen and oxygen atoms in total. The molecule has 5 heteroatoms. The van der Waals surface area contributed by atoms with Gasteiger partial charge in [-0.25, -0.2) is 0 Å². The maximum atomic E-state index is 12.3. The Bertz CT molecular complexity index is 464. The third-order valence-electron chi connectivity index (χ3n) is 3.39. The first kappa shape index (κ1) is 13.2. The van der Waals surface area contributed by atoms with E-state index in [1.54, 1.807) is 23.1 Å². The molecule has 1 heterocycles. The maximum Gasteiger partial charge on any atom is 0.253 e. The zero-order valence-electron chi connectivity index (χ0n) is 10.3. The predicted molar refractivity (Wildman–Crippen MR) is 71.6 cm³/mol. The number of piperidine rings is 1. The number of hydrogen-bond donors (Lipinski definition) is 2. The Balaban J connectivity index is 2.14. The molecule has 0 aromatic heterocycles. The number of nitrogens with two attached hydrogens (primary N) is 1. The van der Waals surface area contributed by atoms with Crippen LogP contribution in [0.3, 0.4) is 0 Å². The number of aliphatic hydroxyl groups excluding tert-OH is 1. The van der Waals surface area contributed by atoms with Crippen LogP contribution >= 0.6 is 11.6 Å². The van der Waals surface area contributed by atoms with Crippen LogP contribution < -0.4 is 5.73 Å². The fourth-order valence-corrected chi connectivity index (χ4v) is 2.29. The number of hydrogen-bond acceptors (Lipinski definition) is 3. The summed E-state index contributed by atoms with van der Waals surface area (Å²) in [6, 6.07) is 4.91. The van der Waals surface area contributed by atoms with Gasteiger partial charge in [0.2, 0.25) is 0 Å². The molecule has 1 aliphatic heterocycles. The van der Waals surface area contributed by atoms with Crippen LogP contribution in [0.15, 0.2) is 18.2 Å². The van der Waals surface area contributed by atoms with E-state index in [2.05, 4.69) is 0 Å². The molecule has 1 amide bonds. The normalized spacial score (nSPS) is 24.1. The summed E-state index contributed by atoms with van der Waals surface area (Å²) in [6.45, 7) is 3.09. The van der Waals surface area contributed by atoms with Gasteiger partial charge in [0.15, 0.2) is 0 Å². The molecule has 1 aromatic rings. The van der Waals surface area contributed by atoms with Crippen molar-refractivity contribution in [3.8, 4) is 0 Å². The van der Waals surface area contributed by atoms with Gasteiger partial charge >= 0.3 is 0 Å². The van der Waals surface area contributed by atoms with Gasteiger partial charge in [0.1, 0.15) is 0 Å². The van der Waals surface area contributed by atoms with Gasteiger partial charge in [0.25, 0.3) is 5.91 Å². The number of rotatable bonds is 1. The fraction of sp³-hybridized carbons (Fsp3) is 0.462. The molecule has 0 spiro atoms. The van der Waals surface area contributed by atoms with E-state index in [4.69, 9.17) is 17.3 Å². The SMILES string of the molecule is CC1CN(C(=O)c2ccc(Cl)c(N)c2)CCC1O. The summed E-state index contributed by atoms with van der Waals surface area (Å²) in [5.74, 6) is 0.0458. The van der Waals surface area contributed by atoms with Crippen molar-refractivity contribution >= 4 is 23.2 Å². The summed E-state index contributed by atoms with van der Waals surface area (Å²) in [7, 11) is 0. The molecule has 0 aliphatic carbocycles. The zero-order valence-corrected chi connectivity index (χ0v) is 11.0. The molecule has 2 rings (SSSR count). The van der Waals surface area contributed by atoms with Crippen LogP contribution in [0.4, 0.5) is 5.69 Å². The highest BCUT2D eigenvalue weighted by Crippen LogP contribution is 2.23. The summed E-state index contributed by atoms with van der Waals surface area (Å²) in [4.78, 5) is 14.0. The first-order valence-electron chi connectivity index (χ1n) is 6.01. The minimum atomic E-state index is -0.315. The van der Waals surface area contributed by atoms with E-state index in [0.717, 1.165) is 0 Å². The van der Waals surface area contributed by atoms with Crippen molar-refractivity contribution in [3.63, 3.8) is 0 Å². The van der Waals surface area contributed by atoms with Crippen molar-refractivity contribution in [2.45, 2.75) is 19.4 Å². The van der Waals surface area contributed by atoms with Gasteiger partial charge in [-0.2, -0.15) is 0 Å². The van der Waals surface area contributed by atoms with Crippen molar-refractivity contribution in [2.75, 3.05) is 18.8 Å². The Labute approximate surface area is 111 Å². The summed E-state index contributed by atoms with van der Waals surface area (Å²) in [6.07, 6.45) is 0.306. The summed E-state index contributed by atoms with van der Waals surface area (Å²) < 4.78 is 0. The molecule has 98 valence electrons. The van der Waals surface area contributed by atoms with E-state index in [0.29, 0.717) is 35.8 Å². The average Bonchev–Trinajstić information content (AvgIpc) is 2.35. The first-order chi connectivity index (χ1) is 8.49. The number of carbonyl (C=O) groups is 1. The Morgan fingerprint density at radius 1 is 1.56 bits per heavy atom. The Kier molecular flexibility index (Phi) is 3.78. The van der Waals surface area contributed by atoms with Crippen LogP contribution in [-0.4, -0.2) is 35.1 Å². The van der Waals surface area contributed by atoms with Crippen molar-refractivity contribution in [1.82, 2.24) is 4.90 Å². The lowest BCUT2D eigenvalue weighted by Gasteiger charge is -2.34. The van der Waals surface area contributed by atoms with Gasteiger partial charge in [-0.3, -0.25) is 4.79 Å². The predicted octanol–water partition coefficient (Wildman–Crippen LogP) is 1.77. The van der Waals surface area contributed by atoms with Crippen LogP contribution in [0.5, 0.6) is 0 Å². The number of likely N-dealkylation sites (tertiary alicyclic amines) is 1. The molecule has 2 unspecified atom stereocenters. The lowest BCUT2D eigenvalue weighted by atomic mass is 9.96. The molecule has 2 atom stereocenters. The van der Waals surface area contributed by atoms with E-state index in [9.17, 15) is 9.90 Å². The van der Waals surface area contributed by atoms with Crippen LogP contribution in [0.1, 0.15) is 23.7 Å². The second-order valence-corrected chi connectivity index (χ2v) is 5.23. The molecule has 0 bridgehead atoms. The largest absolute Gasteiger partial charge is 0.398 e. The summed E-state index contributed by atoms with van der Waals surface area (Å²) in [5, 5.41) is 10.1. The Morgan fingerprint density at radius 3 is 2.89 bits per heavy atom. The fourth-order valence-electron chi connectivity index (χ4n) is 2.18. The monoisotopic (exact) mass is 268 g/mol. The second kappa shape index (κ2) is 5.16. The zero-order chi connectivity index (χ0) is 13.3. The topological polar surface area (TPSA) is 66.6 Å².